The van der Waals surface area contributed by atoms with Gasteiger partial charge in [-0.15, -0.1) is 0 Å². The molecule has 0 saturated carbocycles. The van der Waals surface area contributed by atoms with Crippen molar-refractivity contribution in [3.05, 3.63) is 29.8 Å². The van der Waals surface area contributed by atoms with Crippen molar-refractivity contribution in [2.45, 2.75) is 33.2 Å². The molecule has 0 aliphatic heterocycles. The van der Waals surface area contributed by atoms with Crippen LogP contribution in [0.25, 0.3) is 0 Å². The molecule has 2 atom stereocenters. The lowest BCUT2D eigenvalue weighted by Crippen LogP contribution is -2.31. The summed E-state index contributed by atoms with van der Waals surface area (Å²) in [5.74, 6) is 0.130. The van der Waals surface area contributed by atoms with Gasteiger partial charge in [0.25, 0.3) is 0 Å². The zero-order valence-corrected chi connectivity index (χ0v) is 10.2. The lowest BCUT2D eigenvalue weighted by atomic mass is 10.0. The summed E-state index contributed by atoms with van der Waals surface area (Å²) in [6.07, 6.45) is 0.850. The largest absolute Gasteiger partial charge is 0.398 e. The molecule has 2 unspecified atom stereocenters. The summed E-state index contributed by atoms with van der Waals surface area (Å²) in [4.78, 5) is 11.7. The van der Waals surface area contributed by atoms with Gasteiger partial charge < -0.3 is 11.1 Å². The molecule has 1 aromatic carbocycles. The summed E-state index contributed by atoms with van der Waals surface area (Å²) in [5.41, 5.74) is 7.55. The second kappa shape index (κ2) is 5.54. The molecule has 0 fully saturated rings. The number of nitrogens with one attached hydrogen (secondary N) is 1. The fraction of sp³-hybridized carbons (Fsp3) is 0.462. The second-order valence-electron chi connectivity index (χ2n) is 4.17. The maximum atomic E-state index is 11.7. The fourth-order valence-corrected chi connectivity index (χ4v) is 1.52. The van der Waals surface area contributed by atoms with Crippen molar-refractivity contribution in [3.63, 3.8) is 0 Å². The van der Waals surface area contributed by atoms with Crippen molar-refractivity contribution in [2.75, 3.05) is 5.73 Å². The van der Waals surface area contributed by atoms with Gasteiger partial charge in [0.2, 0.25) is 5.91 Å². The Bertz CT molecular complexity index is 363. The summed E-state index contributed by atoms with van der Waals surface area (Å²) >= 11 is 0. The maximum absolute atomic E-state index is 11.7. The van der Waals surface area contributed by atoms with E-state index in [1.165, 1.54) is 0 Å². The van der Waals surface area contributed by atoms with E-state index in [2.05, 4.69) is 5.32 Å². The van der Waals surface area contributed by atoms with Crippen LogP contribution in [-0.2, 0) is 4.79 Å². The zero-order valence-electron chi connectivity index (χ0n) is 10.2. The van der Waals surface area contributed by atoms with Crippen LogP contribution in [0.15, 0.2) is 24.3 Å². The molecule has 3 nitrogen and oxygen atoms in total. The SMILES string of the molecule is CCC(C)C(=O)NC(C)c1ccccc1N. The average molecular weight is 220 g/mol. The number of carbonyl (C=O) groups is 1. The summed E-state index contributed by atoms with van der Waals surface area (Å²) in [6, 6.07) is 7.57. The Balaban J connectivity index is 2.69. The highest BCUT2D eigenvalue weighted by molar-refractivity contribution is 5.78. The van der Waals surface area contributed by atoms with E-state index in [0.717, 1.165) is 17.7 Å². The Hall–Kier alpha value is -1.51. The number of hydrogen-bond donors (Lipinski definition) is 2. The highest BCUT2D eigenvalue weighted by Gasteiger charge is 2.15. The van der Waals surface area contributed by atoms with Crippen LogP contribution in [0.2, 0.25) is 0 Å². The highest BCUT2D eigenvalue weighted by Crippen LogP contribution is 2.19. The highest BCUT2D eigenvalue weighted by atomic mass is 16.1. The molecule has 1 amide bonds. The number of hydrogen-bond acceptors (Lipinski definition) is 2. The van der Waals surface area contributed by atoms with Gasteiger partial charge in [0.05, 0.1) is 6.04 Å². The number of nitrogen functional groups attached to an aromatic ring is 1. The summed E-state index contributed by atoms with van der Waals surface area (Å²) in [6.45, 7) is 5.88. The van der Waals surface area contributed by atoms with E-state index in [-0.39, 0.29) is 17.9 Å². The number of benzene rings is 1. The molecule has 0 bridgehead atoms. The summed E-state index contributed by atoms with van der Waals surface area (Å²) in [5, 5.41) is 2.97. The van der Waals surface area contributed by atoms with Gasteiger partial charge in [-0.1, -0.05) is 32.0 Å². The van der Waals surface area contributed by atoms with Crippen LogP contribution in [0, 0.1) is 5.92 Å². The number of anilines is 1. The number of para-hydroxylation sites is 1. The van der Waals surface area contributed by atoms with Crippen molar-refractivity contribution in [1.82, 2.24) is 5.32 Å². The fourth-order valence-electron chi connectivity index (χ4n) is 1.52. The van der Waals surface area contributed by atoms with Crippen LogP contribution in [0.4, 0.5) is 5.69 Å². The summed E-state index contributed by atoms with van der Waals surface area (Å²) in [7, 11) is 0. The van der Waals surface area contributed by atoms with Gasteiger partial charge in [0, 0.05) is 11.6 Å². The third kappa shape index (κ3) is 2.99. The third-order valence-electron chi connectivity index (χ3n) is 2.88. The third-order valence-corrected chi connectivity index (χ3v) is 2.88. The molecule has 16 heavy (non-hydrogen) atoms. The topological polar surface area (TPSA) is 55.1 Å². The smallest absolute Gasteiger partial charge is 0.223 e. The minimum Gasteiger partial charge on any atom is -0.398 e. The van der Waals surface area contributed by atoms with Crippen LogP contribution in [-0.4, -0.2) is 5.91 Å². The Morgan fingerprint density at radius 1 is 1.38 bits per heavy atom. The minimum atomic E-state index is -0.0392. The van der Waals surface area contributed by atoms with Gasteiger partial charge in [0.1, 0.15) is 0 Å². The quantitative estimate of drug-likeness (QED) is 0.766. The number of rotatable bonds is 4. The van der Waals surface area contributed by atoms with Gasteiger partial charge in [-0.25, -0.2) is 0 Å². The van der Waals surface area contributed by atoms with Gasteiger partial charge in [0.15, 0.2) is 0 Å². The molecule has 3 N–H and O–H groups in total. The molecule has 0 radical (unpaired) electrons. The molecule has 0 heterocycles. The van der Waals surface area contributed by atoms with E-state index in [4.69, 9.17) is 5.73 Å². The van der Waals surface area contributed by atoms with Crippen molar-refractivity contribution >= 4 is 11.6 Å². The van der Waals surface area contributed by atoms with Gasteiger partial charge in [-0.2, -0.15) is 0 Å². The lowest BCUT2D eigenvalue weighted by molar-refractivity contribution is -0.125. The summed E-state index contributed by atoms with van der Waals surface area (Å²) < 4.78 is 0. The van der Waals surface area contributed by atoms with Crippen LogP contribution in [0.1, 0.15) is 38.8 Å². The van der Waals surface area contributed by atoms with Crippen LogP contribution >= 0.6 is 0 Å². The van der Waals surface area contributed by atoms with Crippen LogP contribution < -0.4 is 11.1 Å². The molecule has 1 aromatic rings. The normalized spacial score (nSPS) is 14.2. The molecule has 0 aromatic heterocycles. The van der Waals surface area contributed by atoms with E-state index in [9.17, 15) is 4.79 Å². The Morgan fingerprint density at radius 2 is 2.00 bits per heavy atom. The Labute approximate surface area is 97.0 Å². The lowest BCUT2D eigenvalue weighted by Gasteiger charge is -2.18. The van der Waals surface area contributed by atoms with E-state index >= 15 is 0 Å². The molecule has 0 spiro atoms. The van der Waals surface area contributed by atoms with Gasteiger partial charge >= 0.3 is 0 Å². The molecular weight excluding hydrogens is 200 g/mol. The molecule has 0 saturated heterocycles. The first-order valence-electron chi connectivity index (χ1n) is 5.71. The predicted octanol–water partition coefficient (Wildman–Crippen LogP) is 2.49. The van der Waals surface area contributed by atoms with E-state index < -0.39 is 0 Å². The molecule has 0 aliphatic carbocycles. The number of nitrogens with two attached hydrogens (primary N) is 1. The van der Waals surface area contributed by atoms with Crippen molar-refractivity contribution < 1.29 is 4.79 Å². The second-order valence-corrected chi connectivity index (χ2v) is 4.17. The van der Waals surface area contributed by atoms with Gasteiger partial charge in [-0.3, -0.25) is 4.79 Å². The predicted molar refractivity (Wildman–Crippen MR) is 66.9 cm³/mol. The van der Waals surface area contributed by atoms with Crippen molar-refractivity contribution in [1.29, 1.82) is 0 Å². The maximum Gasteiger partial charge on any atom is 0.223 e. The monoisotopic (exact) mass is 220 g/mol. The number of carbonyl (C=O) groups excluding carboxylic acids is 1. The Kier molecular flexibility index (Phi) is 4.35. The van der Waals surface area contributed by atoms with Gasteiger partial charge in [-0.05, 0) is 25.0 Å². The minimum absolute atomic E-state index is 0.0392. The number of amides is 1. The van der Waals surface area contributed by atoms with Crippen molar-refractivity contribution in [3.8, 4) is 0 Å². The molecule has 3 heteroatoms. The van der Waals surface area contributed by atoms with Crippen molar-refractivity contribution in [2.24, 2.45) is 5.92 Å². The molecule has 1 rings (SSSR count). The standard InChI is InChI=1S/C13H20N2O/c1-4-9(2)13(16)15-10(3)11-7-5-6-8-12(11)14/h5-10H,4,14H2,1-3H3,(H,15,16). The average Bonchev–Trinajstić information content (AvgIpc) is 2.28. The molecule has 88 valence electrons. The van der Waals surface area contributed by atoms with E-state index in [1.54, 1.807) is 0 Å². The first-order chi connectivity index (χ1) is 7.56. The molecule has 0 aliphatic rings. The molecular formula is C13H20N2O. The van der Waals surface area contributed by atoms with E-state index in [1.807, 2.05) is 45.0 Å². The first kappa shape index (κ1) is 12.6. The van der Waals surface area contributed by atoms with Crippen LogP contribution in [0.3, 0.4) is 0 Å². The Morgan fingerprint density at radius 3 is 2.56 bits per heavy atom. The van der Waals surface area contributed by atoms with Crippen LogP contribution in [0.5, 0.6) is 0 Å². The van der Waals surface area contributed by atoms with E-state index in [0.29, 0.717) is 0 Å². The zero-order chi connectivity index (χ0) is 12.1. The first-order valence-corrected chi connectivity index (χ1v) is 5.71.